The van der Waals surface area contributed by atoms with Gasteiger partial charge in [0, 0.05) is 13.1 Å². The molecule has 0 fully saturated rings. The number of amides is 1. The van der Waals surface area contributed by atoms with Crippen LogP contribution in [0.1, 0.15) is 20.3 Å². The monoisotopic (exact) mass is 221 g/mol. The van der Waals surface area contributed by atoms with Gasteiger partial charge in [0.1, 0.15) is 0 Å². The molecular formula is C9H19NOS2. The van der Waals surface area contributed by atoms with Crippen LogP contribution in [-0.2, 0) is 4.79 Å². The summed E-state index contributed by atoms with van der Waals surface area (Å²) in [6.45, 7) is 3.88. The maximum atomic E-state index is 11.5. The maximum Gasteiger partial charge on any atom is 0.235 e. The van der Waals surface area contributed by atoms with Crippen molar-refractivity contribution in [2.45, 2.75) is 31.6 Å². The molecule has 0 radical (unpaired) electrons. The number of carbonyl (C=O) groups excluding carboxylic acids is 1. The molecule has 0 saturated heterocycles. The van der Waals surface area contributed by atoms with Gasteiger partial charge in [-0.2, -0.15) is 24.4 Å². The summed E-state index contributed by atoms with van der Waals surface area (Å²) in [4.78, 5) is 13.3. The molecule has 1 amide bonds. The second kappa shape index (κ2) is 6.60. The zero-order chi connectivity index (χ0) is 10.4. The molecule has 0 aliphatic rings. The van der Waals surface area contributed by atoms with E-state index in [-0.39, 0.29) is 11.2 Å². The van der Waals surface area contributed by atoms with E-state index >= 15 is 0 Å². The van der Waals surface area contributed by atoms with Crippen LogP contribution in [0.4, 0.5) is 0 Å². The minimum absolute atomic E-state index is 0.108. The average Bonchev–Trinajstić information content (AvgIpc) is 2.11. The first-order chi connectivity index (χ1) is 6.00. The second-order valence-corrected chi connectivity index (χ2v) is 5.02. The fraction of sp³-hybridized carbons (Fsp3) is 0.889. The Bertz CT molecular complexity index is 162. The number of hydrogen-bond donors (Lipinski definition) is 1. The molecule has 2 unspecified atom stereocenters. The molecule has 0 aliphatic heterocycles. The molecule has 2 atom stereocenters. The number of carbonyl (C=O) groups is 1. The van der Waals surface area contributed by atoms with Crippen LogP contribution in [0.15, 0.2) is 0 Å². The third-order valence-corrected chi connectivity index (χ3v) is 2.97. The van der Waals surface area contributed by atoms with Gasteiger partial charge >= 0.3 is 0 Å². The van der Waals surface area contributed by atoms with Gasteiger partial charge in [-0.1, -0.05) is 0 Å². The van der Waals surface area contributed by atoms with Crippen molar-refractivity contribution in [3.05, 3.63) is 0 Å². The summed E-state index contributed by atoms with van der Waals surface area (Å²) < 4.78 is 0. The van der Waals surface area contributed by atoms with Crippen molar-refractivity contribution in [3.63, 3.8) is 0 Å². The molecule has 0 heterocycles. The SMILES string of the molecule is CSCCC(C)N(C)C(=O)C(C)S. The second-order valence-electron chi connectivity index (χ2n) is 3.26. The van der Waals surface area contributed by atoms with Crippen LogP contribution in [0, 0.1) is 0 Å². The van der Waals surface area contributed by atoms with Crippen molar-refractivity contribution in [2.24, 2.45) is 0 Å². The van der Waals surface area contributed by atoms with Gasteiger partial charge in [-0.15, -0.1) is 0 Å². The van der Waals surface area contributed by atoms with Gasteiger partial charge in [0.2, 0.25) is 5.91 Å². The van der Waals surface area contributed by atoms with E-state index in [0.29, 0.717) is 6.04 Å². The van der Waals surface area contributed by atoms with Crippen molar-refractivity contribution in [3.8, 4) is 0 Å². The van der Waals surface area contributed by atoms with E-state index in [0.717, 1.165) is 12.2 Å². The zero-order valence-corrected chi connectivity index (χ0v) is 10.5. The van der Waals surface area contributed by atoms with E-state index in [4.69, 9.17) is 0 Å². The van der Waals surface area contributed by atoms with E-state index in [9.17, 15) is 4.79 Å². The third-order valence-electron chi connectivity index (χ3n) is 2.11. The van der Waals surface area contributed by atoms with Crippen molar-refractivity contribution < 1.29 is 4.79 Å². The first kappa shape index (κ1) is 13.2. The lowest BCUT2D eigenvalue weighted by atomic mass is 10.2. The molecule has 0 aromatic heterocycles. The molecule has 0 rings (SSSR count). The van der Waals surface area contributed by atoms with E-state index in [2.05, 4.69) is 25.8 Å². The number of rotatable bonds is 5. The lowest BCUT2D eigenvalue weighted by molar-refractivity contribution is -0.130. The van der Waals surface area contributed by atoms with Gasteiger partial charge in [-0.3, -0.25) is 4.79 Å². The van der Waals surface area contributed by atoms with Gasteiger partial charge in [-0.25, -0.2) is 0 Å². The largest absolute Gasteiger partial charge is 0.342 e. The lowest BCUT2D eigenvalue weighted by Crippen LogP contribution is -2.39. The average molecular weight is 221 g/mol. The number of hydrogen-bond acceptors (Lipinski definition) is 3. The number of thiol groups is 1. The molecule has 13 heavy (non-hydrogen) atoms. The van der Waals surface area contributed by atoms with Crippen molar-refractivity contribution in [2.75, 3.05) is 19.1 Å². The lowest BCUT2D eigenvalue weighted by Gasteiger charge is -2.26. The highest BCUT2D eigenvalue weighted by molar-refractivity contribution is 7.98. The maximum absolute atomic E-state index is 11.5. The topological polar surface area (TPSA) is 20.3 Å². The van der Waals surface area contributed by atoms with Crippen LogP contribution >= 0.6 is 24.4 Å². The Labute approximate surface area is 90.9 Å². The van der Waals surface area contributed by atoms with Gasteiger partial charge < -0.3 is 4.90 Å². The highest BCUT2D eigenvalue weighted by Gasteiger charge is 2.18. The summed E-state index contributed by atoms with van der Waals surface area (Å²) in [5.74, 6) is 1.21. The van der Waals surface area contributed by atoms with Gasteiger partial charge in [-0.05, 0) is 32.3 Å². The number of thioether (sulfide) groups is 1. The summed E-state index contributed by atoms with van der Waals surface area (Å²) in [5.41, 5.74) is 0. The molecule has 4 heteroatoms. The fourth-order valence-corrected chi connectivity index (χ4v) is 1.75. The first-order valence-corrected chi connectivity index (χ1v) is 6.35. The van der Waals surface area contributed by atoms with Gasteiger partial charge in [0.05, 0.1) is 5.25 Å². The van der Waals surface area contributed by atoms with Gasteiger partial charge in [0.15, 0.2) is 0 Å². The highest BCUT2D eigenvalue weighted by Crippen LogP contribution is 2.09. The Morgan fingerprint density at radius 2 is 2.08 bits per heavy atom. The van der Waals surface area contributed by atoms with Crippen LogP contribution in [0.3, 0.4) is 0 Å². The zero-order valence-electron chi connectivity index (χ0n) is 8.78. The first-order valence-electron chi connectivity index (χ1n) is 4.44. The van der Waals surface area contributed by atoms with Crippen LogP contribution in [0.25, 0.3) is 0 Å². The molecule has 0 aliphatic carbocycles. The van der Waals surface area contributed by atoms with E-state index < -0.39 is 0 Å². The van der Waals surface area contributed by atoms with E-state index in [1.165, 1.54) is 0 Å². The van der Waals surface area contributed by atoms with Gasteiger partial charge in [0.25, 0.3) is 0 Å². The quantitative estimate of drug-likeness (QED) is 0.716. The minimum atomic E-state index is -0.193. The predicted molar refractivity (Wildman–Crippen MR) is 63.7 cm³/mol. The minimum Gasteiger partial charge on any atom is -0.342 e. The van der Waals surface area contributed by atoms with E-state index in [1.807, 2.05) is 25.7 Å². The van der Waals surface area contributed by atoms with Crippen LogP contribution in [-0.4, -0.2) is 41.2 Å². The third kappa shape index (κ3) is 4.81. The van der Waals surface area contributed by atoms with Crippen molar-refractivity contribution >= 4 is 30.3 Å². The standard InChI is InChI=1S/C9H19NOS2/c1-7(5-6-13-4)10(3)9(11)8(2)12/h7-8,12H,5-6H2,1-4H3. The fourth-order valence-electron chi connectivity index (χ4n) is 0.994. The van der Waals surface area contributed by atoms with Crippen molar-refractivity contribution in [1.82, 2.24) is 4.90 Å². The molecule has 2 nitrogen and oxygen atoms in total. The Hall–Kier alpha value is 0.170. The smallest absolute Gasteiger partial charge is 0.235 e. The van der Waals surface area contributed by atoms with E-state index in [1.54, 1.807) is 4.90 Å². The molecule has 0 saturated carbocycles. The summed E-state index contributed by atoms with van der Waals surface area (Å²) in [6, 6.07) is 0.314. The van der Waals surface area contributed by atoms with Crippen molar-refractivity contribution in [1.29, 1.82) is 0 Å². The molecule has 0 aromatic carbocycles. The summed E-state index contributed by atoms with van der Waals surface area (Å²) >= 11 is 5.93. The normalized spacial score (nSPS) is 15.2. The van der Waals surface area contributed by atoms with Crippen LogP contribution in [0.2, 0.25) is 0 Å². The summed E-state index contributed by atoms with van der Waals surface area (Å²) in [6.07, 6.45) is 3.12. The molecule has 0 bridgehead atoms. The molecule has 0 aromatic rings. The molecule has 78 valence electrons. The Balaban J connectivity index is 3.94. The van der Waals surface area contributed by atoms with Crippen LogP contribution in [0.5, 0.6) is 0 Å². The van der Waals surface area contributed by atoms with Crippen LogP contribution < -0.4 is 0 Å². The molecule has 0 N–H and O–H groups in total. The summed E-state index contributed by atoms with van der Waals surface area (Å²) in [7, 11) is 1.85. The Morgan fingerprint density at radius 1 is 1.54 bits per heavy atom. The highest BCUT2D eigenvalue weighted by atomic mass is 32.2. The molecular weight excluding hydrogens is 202 g/mol. The predicted octanol–water partition coefficient (Wildman–Crippen LogP) is 1.90. The number of nitrogens with zero attached hydrogens (tertiary/aromatic N) is 1. The summed E-state index contributed by atoms with van der Waals surface area (Å²) in [5, 5.41) is -0.193. The molecule has 0 spiro atoms. The Morgan fingerprint density at radius 3 is 2.46 bits per heavy atom. The Kier molecular flexibility index (Phi) is 6.68.